The Kier molecular flexibility index (Phi) is 6.64. The van der Waals surface area contributed by atoms with Crippen molar-refractivity contribution in [2.75, 3.05) is 26.9 Å². The molecule has 1 atom stereocenters. The maximum Gasteiger partial charge on any atom is 0.295 e. The van der Waals surface area contributed by atoms with Crippen LogP contribution in [0.5, 0.6) is 5.75 Å². The number of rotatable bonds is 8. The largest absolute Gasteiger partial charge is 0.507 e. The van der Waals surface area contributed by atoms with Crippen LogP contribution in [-0.2, 0) is 14.3 Å². The number of hydrogen-bond acceptors (Lipinski definition) is 5. The van der Waals surface area contributed by atoms with Gasteiger partial charge in [0.25, 0.3) is 11.7 Å². The SMILES string of the molecule is C=CCOc1ccc(/C(O)=C2/C(=O)C(=O)N(CCOC)C2c2cccc(F)c2)cc1. The molecule has 1 saturated heterocycles. The number of halogens is 1. The lowest BCUT2D eigenvalue weighted by Crippen LogP contribution is -2.32. The van der Waals surface area contributed by atoms with E-state index >= 15 is 0 Å². The molecule has 2 aromatic carbocycles. The molecule has 1 N–H and O–H groups in total. The molecular weight excluding hydrogens is 389 g/mol. The Bertz CT molecular complexity index is 983. The van der Waals surface area contributed by atoms with Gasteiger partial charge in [-0.2, -0.15) is 0 Å². The van der Waals surface area contributed by atoms with Gasteiger partial charge in [-0.1, -0.05) is 24.8 Å². The highest BCUT2D eigenvalue weighted by Gasteiger charge is 2.45. The van der Waals surface area contributed by atoms with Crippen LogP contribution in [0.3, 0.4) is 0 Å². The van der Waals surface area contributed by atoms with E-state index in [1.165, 1.54) is 30.2 Å². The third-order valence-corrected chi connectivity index (χ3v) is 4.74. The number of benzene rings is 2. The Labute approximate surface area is 173 Å². The lowest BCUT2D eigenvalue weighted by molar-refractivity contribution is -0.140. The van der Waals surface area contributed by atoms with E-state index in [2.05, 4.69) is 6.58 Å². The average molecular weight is 411 g/mol. The minimum absolute atomic E-state index is 0.0959. The maximum atomic E-state index is 13.9. The molecule has 0 radical (unpaired) electrons. The van der Waals surface area contributed by atoms with Gasteiger partial charge in [-0.05, 0) is 42.0 Å². The van der Waals surface area contributed by atoms with Crippen LogP contribution in [0.2, 0.25) is 0 Å². The van der Waals surface area contributed by atoms with Gasteiger partial charge in [0.1, 0.15) is 23.9 Å². The summed E-state index contributed by atoms with van der Waals surface area (Å²) in [5.41, 5.74) is 0.631. The number of hydrogen-bond donors (Lipinski definition) is 1. The van der Waals surface area contributed by atoms with E-state index in [1.54, 1.807) is 36.4 Å². The molecule has 0 aliphatic carbocycles. The minimum Gasteiger partial charge on any atom is -0.507 e. The number of Topliss-reactive ketones (excluding diaryl/α,β-unsaturated/α-hetero) is 1. The first-order valence-electron chi connectivity index (χ1n) is 9.35. The third-order valence-electron chi connectivity index (χ3n) is 4.74. The second-order valence-corrected chi connectivity index (χ2v) is 6.66. The fourth-order valence-electron chi connectivity index (χ4n) is 3.34. The highest BCUT2D eigenvalue weighted by atomic mass is 19.1. The molecule has 1 amide bonds. The molecule has 0 spiro atoms. The van der Waals surface area contributed by atoms with Crippen LogP contribution in [-0.4, -0.2) is 48.6 Å². The Morgan fingerprint density at radius 3 is 2.60 bits per heavy atom. The molecule has 1 fully saturated rings. The second kappa shape index (κ2) is 9.37. The number of nitrogens with zero attached hydrogens (tertiary/aromatic N) is 1. The van der Waals surface area contributed by atoms with Gasteiger partial charge in [0.05, 0.1) is 18.2 Å². The Morgan fingerprint density at radius 2 is 1.97 bits per heavy atom. The van der Waals surface area contributed by atoms with E-state index in [4.69, 9.17) is 9.47 Å². The van der Waals surface area contributed by atoms with Gasteiger partial charge < -0.3 is 19.5 Å². The van der Waals surface area contributed by atoms with Crippen LogP contribution in [0.25, 0.3) is 5.76 Å². The Morgan fingerprint density at radius 1 is 1.23 bits per heavy atom. The highest BCUT2D eigenvalue weighted by molar-refractivity contribution is 6.46. The number of likely N-dealkylation sites (tertiary alicyclic amines) is 1. The van der Waals surface area contributed by atoms with Gasteiger partial charge in [0.15, 0.2) is 0 Å². The van der Waals surface area contributed by atoms with Crippen LogP contribution in [0, 0.1) is 5.82 Å². The molecule has 0 aromatic heterocycles. The van der Waals surface area contributed by atoms with Crippen LogP contribution in [0.15, 0.2) is 66.8 Å². The van der Waals surface area contributed by atoms with E-state index in [9.17, 15) is 19.1 Å². The van der Waals surface area contributed by atoms with Crippen molar-refractivity contribution in [2.45, 2.75) is 6.04 Å². The molecule has 3 rings (SSSR count). The van der Waals surface area contributed by atoms with Crippen molar-refractivity contribution in [3.05, 3.63) is 83.7 Å². The van der Waals surface area contributed by atoms with E-state index < -0.39 is 23.5 Å². The molecule has 1 heterocycles. The first-order chi connectivity index (χ1) is 14.5. The van der Waals surface area contributed by atoms with Gasteiger partial charge in [-0.25, -0.2) is 4.39 Å². The van der Waals surface area contributed by atoms with Crippen LogP contribution >= 0.6 is 0 Å². The van der Waals surface area contributed by atoms with Crippen molar-refractivity contribution in [1.29, 1.82) is 0 Å². The summed E-state index contributed by atoms with van der Waals surface area (Å²) >= 11 is 0. The number of carbonyl (C=O) groups excluding carboxylic acids is 2. The van der Waals surface area contributed by atoms with Crippen molar-refractivity contribution >= 4 is 17.4 Å². The molecule has 1 unspecified atom stereocenters. The summed E-state index contributed by atoms with van der Waals surface area (Å²) in [6, 6.07) is 11.1. The van der Waals surface area contributed by atoms with Gasteiger partial charge in [0, 0.05) is 19.2 Å². The van der Waals surface area contributed by atoms with Crippen molar-refractivity contribution in [3.63, 3.8) is 0 Å². The summed E-state index contributed by atoms with van der Waals surface area (Å²) in [6.07, 6.45) is 1.61. The molecular formula is C23H22FNO5. The number of carbonyl (C=O) groups is 2. The molecule has 30 heavy (non-hydrogen) atoms. The first-order valence-corrected chi connectivity index (χ1v) is 9.35. The van der Waals surface area contributed by atoms with E-state index in [0.717, 1.165) is 0 Å². The summed E-state index contributed by atoms with van der Waals surface area (Å²) in [7, 11) is 1.48. The number of ketones is 1. The van der Waals surface area contributed by atoms with Crippen molar-refractivity contribution in [2.24, 2.45) is 0 Å². The number of ether oxygens (including phenoxy) is 2. The molecule has 0 saturated carbocycles. The van der Waals surface area contributed by atoms with Gasteiger partial charge in [-0.15, -0.1) is 0 Å². The van der Waals surface area contributed by atoms with Gasteiger partial charge in [0.2, 0.25) is 0 Å². The third kappa shape index (κ3) is 4.26. The number of amides is 1. The summed E-state index contributed by atoms with van der Waals surface area (Å²) < 4.78 is 24.3. The first kappa shape index (κ1) is 21.3. The monoisotopic (exact) mass is 411 g/mol. The standard InChI is InChI=1S/C23H22FNO5/c1-3-12-30-18-9-7-15(8-10-18)21(26)19-20(16-5-4-6-17(24)14-16)25(11-13-29-2)23(28)22(19)27/h3-10,14,20,26H,1,11-13H2,2H3/b21-19-. The number of aliphatic hydroxyl groups is 1. The Hall–Kier alpha value is -3.45. The van der Waals surface area contributed by atoms with Crippen molar-refractivity contribution in [1.82, 2.24) is 4.90 Å². The van der Waals surface area contributed by atoms with E-state index in [1.807, 2.05) is 0 Å². The van der Waals surface area contributed by atoms with Crippen LogP contribution < -0.4 is 4.74 Å². The molecule has 7 heteroatoms. The van der Waals surface area contributed by atoms with Crippen LogP contribution in [0.1, 0.15) is 17.2 Å². The predicted octanol–water partition coefficient (Wildman–Crippen LogP) is 3.46. The topological polar surface area (TPSA) is 76.1 Å². The highest BCUT2D eigenvalue weighted by Crippen LogP contribution is 2.39. The van der Waals surface area contributed by atoms with Crippen molar-refractivity contribution < 1.29 is 28.6 Å². The number of aliphatic hydroxyl groups excluding tert-OH is 1. The Balaban J connectivity index is 2.07. The fraction of sp³-hybridized carbons (Fsp3) is 0.217. The van der Waals surface area contributed by atoms with Crippen LogP contribution in [0.4, 0.5) is 4.39 Å². The quantitative estimate of drug-likeness (QED) is 0.312. The lowest BCUT2D eigenvalue weighted by atomic mass is 9.95. The van der Waals surface area contributed by atoms with Gasteiger partial charge in [-0.3, -0.25) is 9.59 Å². The fourth-order valence-corrected chi connectivity index (χ4v) is 3.34. The molecule has 0 bridgehead atoms. The van der Waals surface area contributed by atoms with E-state index in [0.29, 0.717) is 23.5 Å². The summed E-state index contributed by atoms with van der Waals surface area (Å²) in [6.45, 7) is 4.21. The molecule has 1 aliphatic heterocycles. The zero-order chi connectivity index (χ0) is 21.7. The zero-order valence-corrected chi connectivity index (χ0v) is 16.5. The van der Waals surface area contributed by atoms with Crippen molar-refractivity contribution in [3.8, 4) is 5.75 Å². The molecule has 156 valence electrons. The summed E-state index contributed by atoms with van der Waals surface area (Å²) in [5, 5.41) is 10.9. The minimum atomic E-state index is -0.924. The summed E-state index contributed by atoms with van der Waals surface area (Å²) in [4.78, 5) is 26.7. The maximum absolute atomic E-state index is 13.9. The lowest BCUT2D eigenvalue weighted by Gasteiger charge is -2.25. The molecule has 2 aromatic rings. The smallest absolute Gasteiger partial charge is 0.295 e. The number of methoxy groups -OCH3 is 1. The summed E-state index contributed by atoms with van der Waals surface area (Å²) in [5.74, 6) is -1.88. The average Bonchev–Trinajstić information content (AvgIpc) is 3.01. The second-order valence-electron chi connectivity index (χ2n) is 6.66. The zero-order valence-electron chi connectivity index (χ0n) is 16.5. The molecule has 6 nitrogen and oxygen atoms in total. The predicted molar refractivity (Wildman–Crippen MR) is 109 cm³/mol. The van der Waals surface area contributed by atoms with E-state index in [-0.39, 0.29) is 24.5 Å². The normalized spacial score (nSPS) is 17.9. The van der Waals surface area contributed by atoms with Gasteiger partial charge >= 0.3 is 0 Å². The molecule has 1 aliphatic rings.